The minimum absolute atomic E-state index is 0.253. The second-order valence-electron chi connectivity index (χ2n) is 4.79. The standard InChI is InChI=1S/C16H16BrNO3/c1-2-7-18(10-15(19)20)16(21)14-9-12(17)8-11-5-3-4-6-13(11)14/h3-6,8-9H,2,7,10H2,1H3,(H,19,20). The van der Waals surface area contributed by atoms with E-state index in [0.29, 0.717) is 18.5 Å². The van der Waals surface area contributed by atoms with Crippen LogP contribution in [-0.4, -0.2) is 35.0 Å². The van der Waals surface area contributed by atoms with Crippen LogP contribution in [0.25, 0.3) is 10.8 Å². The van der Waals surface area contributed by atoms with Gasteiger partial charge in [-0.1, -0.05) is 47.1 Å². The number of amides is 1. The number of aliphatic carboxylic acids is 1. The van der Waals surface area contributed by atoms with Gasteiger partial charge in [-0.3, -0.25) is 9.59 Å². The smallest absolute Gasteiger partial charge is 0.323 e. The number of hydrogen-bond acceptors (Lipinski definition) is 2. The van der Waals surface area contributed by atoms with Crippen LogP contribution in [0.4, 0.5) is 0 Å². The SMILES string of the molecule is CCCN(CC(=O)O)C(=O)c1cc(Br)cc2ccccc12. The summed E-state index contributed by atoms with van der Waals surface area (Å²) in [6.07, 6.45) is 0.713. The van der Waals surface area contributed by atoms with E-state index in [0.717, 1.165) is 15.2 Å². The highest BCUT2D eigenvalue weighted by molar-refractivity contribution is 9.10. The van der Waals surface area contributed by atoms with Crippen LogP contribution in [0.2, 0.25) is 0 Å². The Morgan fingerprint density at radius 2 is 1.95 bits per heavy atom. The van der Waals surface area contributed by atoms with Crippen molar-refractivity contribution in [3.05, 3.63) is 46.4 Å². The fourth-order valence-electron chi connectivity index (χ4n) is 2.31. The zero-order chi connectivity index (χ0) is 15.4. The monoisotopic (exact) mass is 349 g/mol. The Morgan fingerprint density at radius 1 is 1.24 bits per heavy atom. The molecule has 0 aliphatic rings. The van der Waals surface area contributed by atoms with E-state index >= 15 is 0 Å². The summed E-state index contributed by atoms with van der Waals surface area (Å²) < 4.78 is 0.802. The van der Waals surface area contributed by atoms with Crippen molar-refractivity contribution in [3.63, 3.8) is 0 Å². The Labute approximate surface area is 131 Å². The number of nitrogens with zero attached hydrogens (tertiary/aromatic N) is 1. The third-order valence-electron chi connectivity index (χ3n) is 3.16. The molecule has 0 bridgehead atoms. The van der Waals surface area contributed by atoms with Crippen molar-refractivity contribution >= 4 is 38.6 Å². The second-order valence-corrected chi connectivity index (χ2v) is 5.71. The highest BCUT2D eigenvalue weighted by Crippen LogP contribution is 2.25. The van der Waals surface area contributed by atoms with Gasteiger partial charge in [0.2, 0.25) is 0 Å². The average Bonchev–Trinajstić information content (AvgIpc) is 2.44. The van der Waals surface area contributed by atoms with E-state index in [4.69, 9.17) is 5.11 Å². The summed E-state index contributed by atoms with van der Waals surface area (Å²) in [7, 11) is 0. The largest absolute Gasteiger partial charge is 0.480 e. The number of carbonyl (C=O) groups excluding carboxylic acids is 1. The molecule has 1 N–H and O–H groups in total. The van der Waals surface area contributed by atoms with Gasteiger partial charge in [-0.2, -0.15) is 0 Å². The zero-order valence-electron chi connectivity index (χ0n) is 11.7. The lowest BCUT2D eigenvalue weighted by molar-refractivity contribution is -0.137. The van der Waals surface area contributed by atoms with Crippen molar-refractivity contribution in [3.8, 4) is 0 Å². The van der Waals surface area contributed by atoms with Gasteiger partial charge in [0.15, 0.2) is 0 Å². The quantitative estimate of drug-likeness (QED) is 0.897. The van der Waals surface area contributed by atoms with Crippen LogP contribution in [0.1, 0.15) is 23.7 Å². The summed E-state index contributed by atoms with van der Waals surface area (Å²) in [5, 5.41) is 10.7. The molecule has 5 heteroatoms. The maximum absolute atomic E-state index is 12.7. The molecule has 0 atom stereocenters. The van der Waals surface area contributed by atoms with Gasteiger partial charge in [0.1, 0.15) is 6.54 Å². The van der Waals surface area contributed by atoms with Crippen molar-refractivity contribution in [2.45, 2.75) is 13.3 Å². The van der Waals surface area contributed by atoms with Crippen molar-refractivity contribution in [2.75, 3.05) is 13.1 Å². The Kier molecular flexibility index (Phi) is 4.96. The Hall–Kier alpha value is -1.88. The van der Waals surface area contributed by atoms with E-state index in [1.54, 1.807) is 6.07 Å². The Bertz CT molecular complexity index is 684. The van der Waals surface area contributed by atoms with Crippen molar-refractivity contribution in [1.82, 2.24) is 4.90 Å². The number of rotatable bonds is 5. The zero-order valence-corrected chi connectivity index (χ0v) is 13.3. The van der Waals surface area contributed by atoms with Crippen LogP contribution in [0.3, 0.4) is 0 Å². The molecular formula is C16H16BrNO3. The minimum Gasteiger partial charge on any atom is -0.480 e. The second kappa shape index (κ2) is 6.72. The Morgan fingerprint density at radius 3 is 2.62 bits per heavy atom. The third-order valence-corrected chi connectivity index (χ3v) is 3.62. The van der Waals surface area contributed by atoms with Crippen molar-refractivity contribution in [2.24, 2.45) is 0 Å². The molecule has 0 saturated carbocycles. The van der Waals surface area contributed by atoms with Crippen molar-refractivity contribution in [1.29, 1.82) is 0 Å². The lowest BCUT2D eigenvalue weighted by Crippen LogP contribution is -2.36. The third kappa shape index (κ3) is 3.61. The summed E-state index contributed by atoms with van der Waals surface area (Å²) in [5.41, 5.74) is 0.523. The lowest BCUT2D eigenvalue weighted by atomic mass is 10.0. The van der Waals surface area contributed by atoms with Crippen LogP contribution < -0.4 is 0 Å². The first-order valence-electron chi connectivity index (χ1n) is 6.72. The number of fused-ring (bicyclic) bond motifs is 1. The first-order valence-corrected chi connectivity index (χ1v) is 7.51. The van der Waals surface area contributed by atoms with Gasteiger partial charge >= 0.3 is 5.97 Å². The topological polar surface area (TPSA) is 57.6 Å². The molecule has 0 aliphatic heterocycles. The highest BCUT2D eigenvalue weighted by atomic mass is 79.9. The number of carbonyl (C=O) groups is 2. The van der Waals surface area contributed by atoms with E-state index in [1.165, 1.54) is 4.90 Å². The van der Waals surface area contributed by atoms with Crippen LogP contribution >= 0.6 is 15.9 Å². The molecule has 0 spiro atoms. The van der Waals surface area contributed by atoms with E-state index in [1.807, 2.05) is 37.3 Å². The van der Waals surface area contributed by atoms with Gasteiger partial charge < -0.3 is 10.0 Å². The van der Waals surface area contributed by atoms with Crippen molar-refractivity contribution < 1.29 is 14.7 Å². The highest BCUT2D eigenvalue weighted by Gasteiger charge is 2.20. The summed E-state index contributed by atoms with van der Waals surface area (Å²) >= 11 is 3.40. The molecule has 0 unspecified atom stereocenters. The van der Waals surface area contributed by atoms with Gasteiger partial charge in [0.05, 0.1) is 0 Å². The molecule has 110 valence electrons. The van der Waals surface area contributed by atoms with E-state index in [2.05, 4.69) is 15.9 Å². The lowest BCUT2D eigenvalue weighted by Gasteiger charge is -2.21. The van der Waals surface area contributed by atoms with Crippen LogP contribution in [0.5, 0.6) is 0 Å². The number of carboxylic acid groups (broad SMARTS) is 1. The fraction of sp³-hybridized carbons (Fsp3) is 0.250. The number of benzene rings is 2. The normalized spacial score (nSPS) is 10.6. The van der Waals surface area contributed by atoms with Gasteiger partial charge in [0.25, 0.3) is 5.91 Å². The molecule has 2 aromatic carbocycles. The van der Waals surface area contributed by atoms with Crippen LogP contribution in [0.15, 0.2) is 40.9 Å². The van der Waals surface area contributed by atoms with Gasteiger partial charge in [-0.15, -0.1) is 0 Å². The van der Waals surface area contributed by atoms with Gasteiger partial charge in [-0.25, -0.2) is 0 Å². The number of hydrogen-bond donors (Lipinski definition) is 1. The number of halogens is 1. The summed E-state index contributed by atoms with van der Waals surface area (Å²) in [4.78, 5) is 25.0. The molecule has 1 amide bonds. The van der Waals surface area contributed by atoms with E-state index in [-0.39, 0.29) is 12.5 Å². The maximum atomic E-state index is 12.7. The average molecular weight is 350 g/mol. The molecule has 0 saturated heterocycles. The molecular weight excluding hydrogens is 334 g/mol. The Balaban J connectivity index is 2.48. The molecule has 2 rings (SSSR count). The molecule has 0 radical (unpaired) electrons. The van der Waals surface area contributed by atoms with E-state index in [9.17, 15) is 9.59 Å². The molecule has 2 aromatic rings. The molecule has 0 heterocycles. The number of carboxylic acids is 1. The fourth-order valence-corrected chi connectivity index (χ4v) is 2.78. The minimum atomic E-state index is -1.00. The molecule has 4 nitrogen and oxygen atoms in total. The summed E-state index contributed by atoms with van der Waals surface area (Å²) in [5.74, 6) is -1.26. The van der Waals surface area contributed by atoms with Crippen LogP contribution in [-0.2, 0) is 4.79 Å². The predicted molar refractivity (Wildman–Crippen MR) is 85.5 cm³/mol. The van der Waals surface area contributed by atoms with Crippen LogP contribution in [0, 0.1) is 0 Å². The molecule has 0 aliphatic carbocycles. The molecule has 0 fully saturated rings. The van der Waals surface area contributed by atoms with Gasteiger partial charge in [-0.05, 0) is 29.3 Å². The maximum Gasteiger partial charge on any atom is 0.323 e. The summed E-state index contributed by atoms with van der Waals surface area (Å²) in [6.45, 7) is 2.06. The first kappa shape index (κ1) is 15.5. The molecule has 0 aromatic heterocycles. The van der Waals surface area contributed by atoms with Gasteiger partial charge in [0, 0.05) is 16.6 Å². The summed E-state index contributed by atoms with van der Waals surface area (Å²) in [6, 6.07) is 11.3. The predicted octanol–water partition coefficient (Wildman–Crippen LogP) is 3.54. The first-order chi connectivity index (χ1) is 10.0. The molecule has 21 heavy (non-hydrogen) atoms. The van der Waals surface area contributed by atoms with E-state index < -0.39 is 5.97 Å².